The summed E-state index contributed by atoms with van der Waals surface area (Å²) in [5.74, 6) is 0.696. The predicted octanol–water partition coefficient (Wildman–Crippen LogP) is 2.20. The Kier molecular flexibility index (Phi) is 4.86. The molecule has 0 unspecified atom stereocenters. The number of rotatable bonds is 5. The number of nitrogens with two attached hydrogens (primary N) is 1. The third kappa shape index (κ3) is 3.73. The van der Waals surface area contributed by atoms with Gasteiger partial charge in [0.05, 0.1) is 9.82 Å². The molecule has 0 saturated heterocycles. The minimum absolute atomic E-state index is 0.156. The zero-order valence-corrected chi connectivity index (χ0v) is 8.94. The lowest BCUT2D eigenvalue weighted by Gasteiger charge is -1.99. The number of nitro groups is 1. The fourth-order valence-corrected chi connectivity index (χ4v) is 1.91. The molecule has 0 aromatic heterocycles. The largest absolute Gasteiger partial charge is 0.327 e. The molecule has 0 bridgehead atoms. The van der Waals surface area contributed by atoms with Crippen LogP contribution in [-0.4, -0.2) is 17.2 Å². The van der Waals surface area contributed by atoms with Gasteiger partial charge in [-0.2, -0.15) is 0 Å². The summed E-state index contributed by atoms with van der Waals surface area (Å²) in [6.45, 7) is 0.497. The topological polar surface area (TPSA) is 69.2 Å². The number of nitrogens with zero attached hydrogens (tertiary/aromatic N) is 1. The molecule has 0 aliphatic rings. The maximum absolute atomic E-state index is 10.7. The zero-order valence-electron chi connectivity index (χ0n) is 8.13. The van der Waals surface area contributed by atoms with E-state index in [0.717, 1.165) is 0 Å². The van der Waals surface area contributed by atoms with Gasteiger partial charge in [-0.05, 0) is 6.07 Å². The van der Waals surface area contributed by atoms with Gasteiger partial charge in [0, 0.05) is 18.4 Å². The molecule has 80 valence electrons. The summed E-state index contributed by atoms with van der Waals surface area (Å²) in [5.41, 5.74) is 5.44. The summed E-state index contributed by atoms with van der Waals surface area (Å²) in [7, 11) is 0. The molecule has 2 N–H and O–H groups in total. The van der Waals surface area contributed by atoms with Crippen molar-refractivity contribution in [2.24, 2.45) is 5.73 Å². The first-order valence-corrected chi connectivity index (χ1v) is 5.45. The highest BCUT2D eigenvalue weighted by Gasteiger charge is 2.11. The molecule has 0 heterocycles. The average molecular weight is 224 g/mol. The van der Waals surface area contributed by atoms with Crippen LogP contribution >= 0.6 is 11.8 Å². The molecule has 0 amide bonds. The summed E-state index contributed by atoms with van der Waals surface area (Å²) < 4.78 is 0. The minimum atomic E-state index is -0.366. The van der Waals surface area contributed by atoms with Gasteiger partial charge in [0.2, 0.25) is 0 Å². The summed E-state index contributed by atoms with van der Waals surface area (Å²) in [6, 6.07) is 6.72. The van der Waals surface area contributed by atoms with Crippen molar-refractivity contribution < 1.29 is 4.92 Å². The van der Waals surface area contributed by atoms with Gasteiger partial charge in [-0.1, -0.05) is 24.3 Å². The lowest BCUT2D eigenvalue weighted by molar-refractivity contribution is -0.387. The van der Waals surface area contributed by atoms with E-state index in [4.69, 9.17) is 5.73 Å². The Balaban J connectivity index is 2.67. The number of hydrogen-bond donors (Lipinski definition) is 1. The molecule has 5 heteroatoms. The maximum atomic E-state index is 10.7. The van der Waals surface area contributed by atoms with E-state index >= 15 is 0 Å². The second kappa shape index (κ2) is 6.21. The summed E-state index contributed by atoms with van der Waals surface area (Å²) in [6.07, 6.45) is 3.74. The molecule has 0 saturated carbocycles. The van der Waals surface area contributed by atoms with Crippen LogP contribution in [0.1, 0.15) is 0 Å². The maximum Gasteiger partial charge on any atom is 0.282 e. The Morgan fingerprint density at radius 1 is 1.40 bits per heavy atom. The second-order valence-corrected chi connectivity index (χ2v) is 3.80. The van der Waals surface area contributed by atoms with E-state index in [1.54, 1.807) is 18.2 Å². The Morgan fingerprint density at radius 3 is 2.80 bits per heavy atom. The molecule has 0 spiro atoms. The number of para-hydroxylation sites is 1. The van der Waals surface area contributed by atoms with Crippen LogP contribution in [0.25, 0.3) is 0 Å². The van der Waals surface area contributed by atoms with E-state index in [1.165, 1.54) is 17.8 Å². The van der Waals surface area contributed by atoms with Crippen molar-refractivity contribution >= 4 is 17.4 Å². The van der Waals surface area contributed by atoms with Crippen LogP contribution in [-0.2, 0) is 0 Å². The number of benzene rings is 1. The summed E-state index contributed by atoms with van der Waals surface area (Å²) >= 11 is 1.43. The van der Waals surface area contributed by atoms with Crippen LogP contribution in [0, 0.1) is 10.1 Å². The monoisotopic (exact) mass is 224 g/mol. The van der Waals surface area contributed by atoms with Gasteiger partial charge in [0.25, 0.3) is 5.69 Å². The smallest absolute Gasteiger partial charge is 0.282 e. The van der Waals surface area contributed by atoms with E-state index < -0.39 is 0 Å². The fraction of sp³-hybridized carbons (Fsp3) is 0.200. The van der Waals surface area contributed by atoms with Gasteiger partial charge < -0.3 is 5.73 Å². The molecular formula is C10H12N2O2S. The van der Waals surface area contributed by atoms with Crippen molar-refractivity contribution in [1.29, 1.82) is 0 Å². The second-order valence-electron chi connectivity index (χ2n) is 2.74. The first-order valence-electron chi connectivity index (χ1n) is 4.47. The molecule has 0 radical (unpaired) electrons. The van der Waals surface area contributed by atoms with Crippen molar-refractivity contribution in [3.8, 4) is 0 Å². The van der Waals surface area contributed by atoms with Crippen molar-refractivity contribution in [3.05, 3.63) is 46.5 Å². The summed E-state index contributed by atoms with van der Waals surface area (Å²) in [4.78, 5) is 11.0. The van der Waals surface area contributed by atoms with E-state index in [0.29, 0.717) is 17.2 Å². The van der Waals surface area contributed by atoms with E-state index in [-0.39, 0.29) is 10.6 Å². The molecular weight excluding hydrogens is 212 g/mol. The molecule has 0 aliphatic carbocycles. The molecule has 1 rings (SSSR count). The SMILES string of the molecule is NCC=CCSc1ccccc1[N+](=O)[O-]. The Labute approximate surface area is 92.3 Å². The zero-order chi connectivity index (χ0) is 11.1. The van der Waals surface area contributed by atoms with Crippen LogP contribution in [0.15, 0.2) is 41.3 Å². The summed E-state index contributed by atoms with van der Waals surface area (Å²) in [5, 5.41) is 10.7. The van der Waals surface area contributed by atoms with Gasteiger partial charge in [-0.25, -0.2) is 0 Å². The van der Waals surface area contributed by atoms with Gasteiger partial charge in [0.1, 0.15) is 0 Å². The van der Waals surface area contributed by atoms with E-state index in [9.17, 15) is 10.1 Å². The fourth-order valence-electron chi connectivity index (χ4n) is 1.03. The lowest BCUT2D eigenvalue weighted by atomic mass is 10.3. The first-order chi connectivity index (χ1) is 7.25. The van der Waals surface area contributed by atoms with E-state index in [1.807, 2.05) is 12.2 Å². The van der Waals surface area contributed by atoms with Crippen LogP contribution in [0.2, 0.25) is 0 Å². The molecule has 4 nitrogen and oxygen atoms in total. The van der Waals surface area contributed by atoms with Crippen LogP contribution < -0.4 is 5.73 Å². The molecule has 1 aromatic carbocycles. The van der Waals surface area contributed by atoms with Crippen molar-refractivity contribution in [2.75, 3.05) is 12.3 Å². The van der Waals surface area contributed by atoms with Crippen LogP contribution in [0.5, 0.6) is 0 Å². The molecule has 0 fully saturated rings. The van der Waals surface area contributed by atoms with Gasteiger partial charge in [-0.3, -0.25) is 10.1 Å². The van der Waals surface area contributed by atoms with Crippen molar-refractivity contribution in [1.82, 2.24) is 0 Å². The number of hydrogen-bond acceptors (Lipinski definition) is 4. The molecule has 0 aliphatic heterocycles. The highest BCUT2D eigenvalue weighted by atomic mass is 32.2. The third-order valence-electron chi connectivity index (χ3n) is 1.70. The molecule has 1 aromatic rings. The third-order valence-corrected chi connectivity index (χ3v) is 2.72. The Morgan fingerprint density at radius 2 is 2.13 bits per heavy atom. The Hall–Kier alpha value is -1.33. The normalized spacial score (nSPS) is 10.7. The highest BCUT2D eigenvalue weighted by molar-refractivity contribution is 7.99. The average Bonchev–Trinajstić information content (AvgIpc) is 2.25. The molecule has 0 atom stereocenters. The van der Waals surface area contributed by atoms with Crippen molar-refractivity contribution in [3.63, 3.8) is 0 Å². The van der Waals surface area contributed by atoms with E-state index in [2.05, 4.69) is 0 Å². The minimum Gasteiger partial charge on any atom is -0.327 e. The van der Waals surface area contributed by atoms with Crippen molar-refractivity contribution in [2.45, 2.75) is 4.90 Å². The van der Waals surface area contributed by atoms with Gasteiger partial charge in [0.15, 0.2) is 0 Å². The van der Waals surface area contributed by atoms with Gasteiger partial charge >= 0.3 is 0 Å². The Bertz CT molecular complexity index is 366. The number of nitro benzene ring substituents is 1. The van der Waals surface area contributed by atoms with Crippen LogP contribution in [0.4, 0.5) is 5.69 Å². The van der Waals surface area contributed by atoms with Crippen LogP contribution in [0.3, 0.4) is 0 Å². The highest BCUT2D eigenvalue weighted by Crippen LogP contribution is 2.28. The van der Waals surface area contributed by atoms with Gasteiger partial charge in [-0.15, -0.1) is 11.8 Å². The number of thioether (sulfide) groups is 1. The quantitative estimate of drug-likeness (QED) is 0.360. The molecule has 15 heavy (non-hydrogen) atoms. The predicted molar refractivity (Wildman–Crippen MR) is 62.0 cm³/mol. The standard InChI is InChI=1S/C10H12N2O2S/c11-7-3-4-8-15-10-6-2-1-5-9(10)12(13)14/h1-6H,7-8,11H2. The first kappa shape index (κ1) is 11.7. The lowest BCUT2D eigenvalue weighted by Crippen LogP contribution is -1.93.